The summed E-state index contributed by atoms with van der Waals surface area (Å²) in [6.45, 7) is 1.09. The lowest BCUT2D eigenvalue weighted by Gasteiger charge is -2.13. The van der Waals surface area contributed by atoms with E-state index in [9.17, 15) is 0 Å². The number of nitrogens with zero attached hydrogens (tertiary/aromatic N) is 1. The Labute approximate surface area is 197 Å². The van der Waals surface area contributed by atoms with Gasteiger partial charge in [0, 0.05) is 9.50 Å². The Hall–Kier alpha value is -1.77. The van der Waals surface area contributed by atoms with Gasteiger partial charge in [-0.05, 0) is 75.7 Å². The maximum atomic E-state index is 6.01. The Bertz CT molecular complexity index is 979. The summed E-state index contributed by atoms with van der Waals surface area (Å²) < 4.78 is 13.5. The van der Waals surface area contributed by atoms with Crippen molar-refractivity contribution in [3.05, 3.63) is 90.4 Å². The van der Waals surface area contributed by atoms with Crippen molar-refractivity contribution in [2.45, 2.75) is 13.2 Å². The molecule has 150 valence electrons. The lowest BCUT2D eigenvalue weighted by molar-refractivity contribution is 0.282. The number of hydrogen-bond acceptors (Lipinski definition) is 4. The van der Waals surface area contributed by atoms with Gasteiger partial charge in [-0.2, -0.15) is 5.10 Å². The molecule has 0 unspecified atom stereocenters. The van der Waals surface area contributed by atoms with E-state index in [-0.39, 0.29) is 0 Å². The normalized spacial score (nSPS) is 10.9. The zero-order chi connectivity index (χ0) is 20.6. The monoisotopic (exact) mass is 584 g/mol. The van der Waals surface area contributed by atoms with Gasteiger partial charge in [0.1, 0.15) is 6.61 Å². The minimum absolute atomic E-state index is 0.468. The lowest BCUT2D eigenvalue weighted by atomic mass is 10.2. The molecule has 0 spiro atoms. The molecule has 0 aliphatic carbocycles. The van der Waals surface area contributed by atoms with Gasteiger partial charge in [-0.1, -0.05) is 51.8 Å². The second-order valence-corrected chi connectivity index (χ2v) is 8.68. The minimum Gasteiger partial charge on any atom is -0.493 e. The number of hydrazone groups is 1. The molecule has 0 bridgehead atoms. The van der Waals surface area contributed by atoms with Crippen molar-refractivity contribution in [1.82, 2.24) is 5.43 Å². The molecule has 0 saturated carbocycles. The van der Waals surface area contributed by atoms with E-state index in [0.717, 1.165) is 35.5 Å². The molecule has 3 rings (SSSR count). The van der Waals surface area contributed by atoms with Crippen LogP contribution in [0.1, 0.15) is 16.7 Å². The molecule has 0 fully saturated rings. The first-order valence-corrected chi connectivity index (χ1v) is 11.1. The Morgan fingerprint density at radius 2 is 1.76 bits per heavy atom. The molecule has 0 amide bonds. The van der Waals surface area contributed by atoms with Crippen molar-refractivity contribution in [3.63, 3.8) is 0 Å². The van der Waals surface area contributed by atoms with Gasteiger partial charge in [-0.25, -0.2) is 0 Å². The molecule has 3 aromatic carbocycles. The number of methoxy groups -OCH3 is 1. The zero-order valence-corrected chi connectivity index (χ0v) is 20.2. The smallest absolute Gasteiger partial charge is 0.174 e. The Morgan fingerprint density at radius 1 is 1.07 bits per heavy atom. The van der Waals surface area contributed by atoms with E-state index in [2.05, 4.69) is 49.0 Å². The van der Waals surface area contributed by atoms with Gasteiger partial charge in [0.05, 0.1) is 23.4 Å². The van der Waals surface area contributed by atoms with Crippen LogP contribution >= 0.6 is 50.1 Å². The highest BCUT2D eigenvalue weighted by molar-refractivity contribution is 14.1. The van der Waals surface area contributed by atoms with Gasteiger partial charge in [0.15, 0.2) is 11.5 Å². The summed E-state index contributed by atoms with van der Waals surface area (Å²) in [5.41, 5.74) is 6.16. The fourth-order valence-corrected chi connectivity index (χ4v) is 3.72. The van der Waals surface area contributed by atoms with E-state index in [1.807, 2.05) is 60.7 Å². The topological polar surface area (TPSA) is 42.8 Å². The molecule has 4 nitrogen and oxygen atoms in total. The van der Waals surface area contributed by atoms with Crippen molar-refractivity contribution in [3.8, 4) is 11.5 Å². The summed E-state index contributed by atoms with van der Waals surface area (Å²) in [6, 6.07) is 19.6. The Morgan fingerprint density at radius 3 is 2.45 bits per heavy atom. The summed E-state index contributed by atoms with van der Waals surface area (Å²) in [5.74, 6) is 1.40. The third kappa shape index (κ3) is 6.62. The molecule has 0 radical (unpaired) electrons. The van der Waals surface area contributed by atoms with Crippen LogP contribution in [0.15, 0.2) is 70.2 Å². The second kappa shape index (κ2) is 10.8. The molecule has 29 heavy (non-hydrogen) atoms. The maximum Gasteiger partial charge on any atom is 0.174 e. The fraction of sp³-hybridized carbons (Fsp3) is 0.136. The van der Waals surface area contributed by atoms with Crippen molar-refractivity contribution in [2.75, 3.05) is 7.11 Å². The first-order chi connectivity index (χ1) is 14.0. The van der Waals surface area contributed by atoms with Crippen LogP contribution in [-0.4, -0.2) is 13.3 Å². The number of halogens is 3. The summed E-state index contributed by atoms with van der Waals surface area (Å²) in [6.07, 6.45) is 1.76. The summed E-state index contributed by atoms with van der Waals surface area (Å²) in [5, 5.41) is 5.02. The average molecular weight is 586 g/mol. The molecule has 7 heteroatoms. The van der Waals surface area contributed by atoms with Gasteiger partial charge in [-0.3, -0.25) is 0 Å². The molecule has 0 saturated heterocycles. The van der Waals surface area contributed by atoms with E-state index in [4.69, 9.17) is 21.1 Å². The van der Waals surface area contributed by atoms with E-state index >= 15 is 0 Å². The van der Waals surface area contributed by atoms with Gasteiger partial charge in [-0.15, -0.1) is 0 Å². The molecule has 0 heterocycles. The van der Waals surface area contributed by atoms with E-state index in [0.29, 0.717) is 18.9 Å². The average Bonchev–Trinajstić information content (AvgIpc) is 2.72. The maximum absolute atomic E-state index is 6.01. The molecule has 3 aromatic rings. The third-order valence-electron chi connectivity index (χ3n) is 4.05. The lowest BCUT2D eigenvalue weighted by Crippen LogP contribution is -2.05. The number of rotatable bonds is 8. The predicted molar refractivity (Wildman–Crippen MR) is 130 cm³/mol. The second-order valence-electron chi connectivity index (χ2n) is 6.17. The molecule has 1 N–H and O–H groups in total. The summed E-state index contributed by atoms with van der Waals surface area (Å²) in [7, 11) is 1.64. The summed E-state index contributed by atoms with van der Waals surface area (Å²) in [4.78, 5) is 0. The first-order valence-electron chi connectivity index (χ1n) is 8.80. The van der Waals surface area contributed by atoms with Crippen LogP contribution in [0.4, 0.5) is 0 Å². The van der Waals surface area contributed by atoms with Crippen molar-refractivity contribution < 1.29 is 9.47 Å². The largest absolute Gasteiger partial charge is 0.493 e. The van der Waals surface area contributed by atoms with Crippen LogP contribution in [0.25, 0.3) is 0 Å². The number of hydrogen-bond donors (Lipinski definition) is 1. The van der Waals surface area contributed by atoms with Crippen LogP contribution in [-0.2, 0) is 13.2 Å². The van der Waals surface area contributed by atoms with Crippen LogP contribution in [0.3, 0.4) is 0 Å². The molecular weight excluding hydrogens is 567 g/mol. The third-order valence-corrected chi connectivity index (χ3v) is 5.63. The van der Waals surface area contributed by atoms with Gasteiger partial charge in [0.25, 0.3) is 0 Å². The minimum atomic E-state index is 0.468. The number of nitrogens with one attached hydrogen (secondary N) is 1. The van der Waals surface area contributed by atoms with Crippen LogP contribution < -0.4 is 14.9 Å². The van der Waals surface area contributed by atoms with E-state index in [1.54, 1.807) is 13.3 Å². The molecule has 0 aliphatic heterocycles. The number of ether oxygens (including phenoxy) is 2. The van der Waals surface area contributed by atoms with Crippen molar-refractivity contribution in [2.24, 2.45) is 5.10 Å². The van der Waals surface area contributed by atoms with Gasteiger partial charge >= 0.3 is 0 Å². The van der Waals surface area contributed by atoms with Gasteiger partial charge < -0.3 is 14.9 Å². The first kappa shape index (κ1) is 21.9. The standard InChI is InChI=1S/C22H19BrClIN2O2/c1-28-21-11-17(13-27-26-12-15-4-8-19(24)9-5-15)10-20(25)22(21)29-14-16-2-6-18(23)7-3-16/h2-11,13,26H,12,14H2,1H3/b27-13-. The molecule has 0 aromatic heterocycles. The van der Waals surface area contributed by atoms with Crippen molar-refractivity contribution in [1.29, 1.82) is 0 Å². The Kier molecular flexibility index (Phi) is 8.20. The van der Waals surface area contributed by atoms with Crippen LogP contribution in [0.5, 0.6) is 11.5 Å². The number of benzene rings is 3. The highest BCUT2D eigenvalue weighted by Crippen LogP contribution is 2.34. The SMILES string of the molecule is COc1cc(/C=N\NCc2ccc(Cl)cc2)cc(I)c1OCc1ccc(Br)cc1. The van der Waals surface area contributed by atoms with Crippen LogP contribution in [0, 0.1) is 3.57 Å². The molecular formula is C22H19BrClIN2O2. The fourth-order valence-electron chi connectivity index (χ4n) is 2.55. The van der Waals surface area contributed by atoms with Crippen LogP contribution in [0.2, 0.25) is 5.02 Å². The van der Waals surface area contributed by atoms with E-state index in [1.165, 1.54) is 0 Å². The highest BCUT2D eigenvalue weighted by atomic mass is 127. The molecule has 0 atom stereocenters. The van der Waals surface area contributed by atoms with Gasteiger partial charge in [0.2, 0.25) is 0 Å². The molecule has 0 aliphatic rings. The predicted octanol–water partition coefficient (Wildman–Crippen LogP) is 6.42. The van der Waals surface area contributed by atoms with Crippen molar-refractivity contribution >= 4 is 56.3 Å². The summed E-state index contributed by atoms with van der Waals surface area (Å²) >= 11 is 11.6. The highest BCUT2D eigenvalue weighted by Gasteiger charge is 2.11. The quantitative estimate of drug-likeness (QED) is 0.189. The van der Waals surface area contributed by atoms with E-state index < -0.39 is 0 Å². The Balaban J connectivity index is 1.63. The zero-order valence-electron chi connectivity index (χ0n) is 15.7.